The number of nitrogens with one attached hydrogen (secondary N) is 1. The van der Waals surface area contributed by atoms with Crippen LogP contribution in [0.5, 0.6) is 5.75 Å². The number of benzene rings is 1. The molecular formula is C18H25NO5. The van der Waals surface area contributed by atoms with Gasteiger partial charge in [0.25, 0.3) is 5.91 Å². The second-order valence-electron chi connectivity index (χ2n) is 6.11. The molecule has 0 saturated carbocycles. The van der Waals surface area contributed by atoms with E-state index in [1.165, 1.54) is 5.56 Å². The summed E-state index contributed by atoms with van der Waals surface area (Å²) in [6.07, 6.45) is 2.04. The summed E-state index contributed by atoms with van der Waals surface area (Å²) in [5.41, 5.74) is 1.20. The molecule has 0 bridgehead atoms. The van der Waals surface area contributed by atoms with Crippen LogP contribution in [0.25, 0.3) is 0 Å². The van der Waals surface area contributed by atoms with E-state index in [4.69, 9.17) is 14.2 Å². The summed E-state index contributed by atoms with van der Waals surface area (Å²) in [7, 11) is 0. The number of hydrogen-bond acceptors (Lipinski definition) is 5. The molecule has 1 aliphatic rings. The normalized spacial score (nSPS) is 16.9. The lowest BCUT2D eigenvalue weighted by molar-refractivity contribution is -0.150. The molecule has 1 aromatic carbocycles. The van der Waals surface area contributed by atoms with Crippen molar-refractivity contribution in [2.24, 2.45) is 0 Å². The van der Waals surface area contributed by atoms with Crippen molar-refractivity contribution in [3.63, 3.8) is 0 Å². The topological polar surface area (TPSA) is 73.9 Å². The van der Waals surface area contributed by atoms with Gasteiger partial charge in [0, 0.05) is 13.2 Å². The van der Waals surface area contributed by atoms with Crippen molar-refractivity contribution in [3.05, 3.63) is 29.8 Å². The molecule has 1 aromatic rings. The van der Waals surface area contributed by atoms with Crippen LogP contribution in [0.3, 0.4) is 0 Å². The van der Waals surface area contributed by atoms with Crippen LogP contribution in [0.1, 0.15) is 38.2 Å². The summed E-state index contributed by atoms with van der Waals surface area (Å²) in [5, 5.41) is 2.69. The van der Waals surface area contributed by atoms with E-state index in [1.807, 2.05) is 24.3 Å². The minimum atomic E-state index is -0.574. The van der Waals surface area contributed by atoms with Crippen molar-refractivity contribution < 1.29 is 23.8 Å². The Kier molecular flexibility index (Phi) is 7.06. The predicted molar refractivity (Wildman–Crippen MR) is 89.0 cm³/mol. The van der Waals surface area contributed by atoms with Crippen LogP contribution in [-0.4, -0.2) is 44.3 Å². The van der Waals surface area contributed by atoms with Crippen LogP contribution in [-0.2, 0) is 19.1 Å². The zero-order valence-corrected chi connectivity index (χ0v) is 14.2. The maximum Gasteiger partial charge on any atom is 0.344 e. The standard InChI is InChI=1S/C18H25NO5/c1-13(2)14-5-7-15(8-6-14)23-12-18(21)24-11-17(20)19-10-16-4-3-9-22-16/h5-8,13,16H,3-4,9-12H2,1-2H3,(H,19,20)/t16-/m1/s1. The highest BCUT2D eigenvalue weighted by Gasteiger charge is 2.16. The Morgan fingerprint density at radius 2 is 2.00 bits per heavy atom. The summed E-state index contributed by atoms with van der Waals surface area (Å²) >= 11 is 0. The molecule has 6 heteroatoms. The number of carbonyl (C=O) groups excluding carboxylic acids is 2. The van der Waals surface area contributed by atoms with Gasteiger partial charge in [0.15, 0.2) is 13.2 Å². The minimum Gasteiger partial charge on any atom is -0.482 e. The van der Waals surface area contributed by atoms with Crippen LogP contribution >= 0.6 is 0 Å². The largest absolute Gasteiger partial charge is 0.482 e. The number of esters is 1. The lowest BCUT2D eigenvalue weighted by atomic mass is 10.0. The van der Waals surface area contributed by atoms with Crippen molar-refractivity contribution in [1.29, 1.82) is 0 Å². The molecule has 0 spiro atoms. The summed E-state index contributed by atoms with van der Waals surface area (Å²) in [6.45, 7) is 4.88. The molecule has 0 aromatic heterocycles. The smallest absolute Gasteiger partial charge is 0.344 e. The van der Waals surface area contributed by atoms with E-state index < -0.39 is 5.97 Å². The summed E-state index contributed by atoms with van der Waals surface area (Å²) in [6, 6.07) is 7.56. The van der Waals surface area contributed by atoms with Crippen molar-refractivity contribution in [3.8, 4) is 5.75 Å². The average molecular weight is 335 g/mol. The van der Waals surface area contributed by atoms with Gasteiger partial charge in [-0.1, -0.05) is 26.0 Å². The van der Waals surface area contributed by atoms with E-state index >= 15 is 0 Å². The maximum atomic E-state index is 11.6. The first-order chi connectivity index (χ1) is 11.5. The molecule has 1 atom stereocenters. The monoisotopic (exact) mass is 335 g/mol. The highest BCUT2D eigenvalue weighted by Crippen LogP contribution is 2.18. The molecule has 0 aliphatic carbocycles. The predicted octanol–water partition coefficient (Wildman–Crippen LogP) is 2.03. The Hall–Kier alpha value is -2.08. The van der Waals surface area contributed by atoms with Gasteiger partial charge in [-0.2, -0.15) is 0 Å². The van der Waals surface area contributed by atoms with Gasteiger partial charge in [0.2, 0.25) is 0 Å². The lowest BCUT2D eigenvalue weighted by Gasteiger charge is -2.11. The van der Waals surface area contributed by atoms with E-state index in [0.29, 0.717) is 18.2 Å². The van der Waals surface area contributed by atoms with Crippen molar-refractivity contribution in [2.75, 3.05) is 26.4 Å². The molecule has 1 fully saturated rings. The summed E-state index contributed by atoms with van der Waals surface area (Å²) < 4.78 is 15.6. The molecule has 1 amide bonds. The molecular weight excluding hydrogens is 310 g/mol. The van der Waals surface area contributed by atoms with Crippen LogP contribution in [0.2, 0.25) is 0 Å². The highest BCUT2D eigenvalue weighted by molar-refractivity contribution is 5.80. The molecule has 132 valence electrons. The van der Waals surface area contributed by atoms with Crippen LogP contribution in [0.15, 0.2) is 24.3 Å². The molecule has 1 N–H and O–H groups in total. The van der Waals surface area contributed by atoms with E-state index in [-0.39, 0.29) is 25.2 Å². The third-order valence-corrected chi connectivity index (χ3v) is 3.82. The quantitative estimate of drug-likeness (QED) is 0.736. The van der Waals surface area contributed by atoms with E-state index in [9.17, 15) is 9.59 Å². The molecule has 1 aliphatic heterocycles. The molecule has 0 unspecified atom stereocenters. The third-order valence-electron chi connectivity index (χ3n) is 3.82. The highest BCUT2D eigenvalue weighted by atomic mass is 16.6. The number of carbonyl (C=O) groups is 2. The molecule has 1 heterocycles. The first kappa shape index (κ1) is 18.3. The summed E-state index contributed by atoms with van der Waals surface area (Å²) in [4.78, 5) is 23.2. The zero-order valence-electron chi connectivity index (χ0n) is 14.2. The minimum absolute atomic E-state index is 0.0711. The number of rotatable bonds is 8. The van der Waals surface area contributed by atoms with Crippen molar-refractivity contribution >= 4 is 11.9 Å². The number of amides is 1. The molecule has 6 nitrogen and oxygen atoms in total. The Balaban J connectivity index is 1.61. The van der Waals surface area contributed by atoms with Gasteiger partial charge in [-0.3, -0.25) is 4.79 Å². The first-order valence-corrected chi connectivity index (χ1v) is 8.31. The molecule has 1 saturated heterocycles. The van der Waals surface area contributed by atoms with Gasteiger partial charge in [-0.05, 0) is 36.5 Å². The fraction of sp³-hybridized carbons (Fsp3) is 0.556. The Bertz CT molecular complexity index is 535. The second kappa shape index (κ2) is 9.27. The van der Waals surface area contributed by atoms with Crippen LogP contribution in [0.4, 0.5) is 0 Å². The Morgan fingerprint density at radius 3 is 2.62 bits per heavy atom. The fourth-order valence-electron chi connectivity index (χ4n) is 2.36. The van der Waals surface area contributed by atoms with Crippen LogP contribution in [0, 0.1) is 0 Å². The SMILES string of the molecule is CC(C)c1ccc(OCC(=O)OCC(=O)NC[C@H]2CCCO2)cc1. The van der Waals surface area contributed by atoms with E-state index in [2.05, 4.69) is 19.2 Å². The Morgan fingerprint density at radius 1 is 1.25 bits per heavy atom. The second-order valence-corrected chi connectivity index (χ2v) is 6.11. The molecule has 2 rings (SSSR count). The number of ether oxygens (including phenoxy) is 3. The number of hydrogen-bond donors (Lipinski definition) is 1. The van der Waals surface area contributed by atoms with Crippen molar-refractivity contribution in [2.45, 2.75) is 38.7 Å². The maximum absolute atomic E-state index is 11.6. The van der Waals surface area contributed by atoms with Gasteiger partial charge < -0.3 is 19.5 Å². The van der Waals surface area contributed by atoms with Gasteiger partial charge in [0.05, 0.1) is 6.10 Å². The zero-order chi connectivity index (χ0) is 17.4. The Labute approximate surface area is 142 Å². The first-order valence-electron chi connectivity index (χ1n) is 8.31. The fourth-order valence-corrected chi connectivity index (χ4v) is 2.36. The van der Waals surface area contributed by atoms with Crippen LogP contribution < -0.4 is 10.1 Å². The summed E-state index contributed by atoms with van der Waals surface area (Å²) in [5.74, 6) is 0.131. The third kappa shape index (κ3) is 6.20. The van der Waals surface area contributed by atoms with Gasteiger partial charge in [-0.15, -0.1) is 0 Å². The van der Waals surface area contributed by atoms with E-state index in [1.54, 1.807) is 0 Å². The molecule has 24 heavy (non-hydrogen) atoms. The molecule has 0 radical (unpaired) electrons. The van der Waals surface area contributed by atoms with Crippen molar-refractivity contribution in [1.82, 2.24) is 5.32 Å². The van der Waals surface area contributed by atoms with E-state index in [0.717, 1.165) is 19.4 Å². The van der Waals surface area contributed by atoms with Gasteiger partial charge in [-0.25, -0.2) is 4.79 Å². The average Bonchev–Trinajstić information content (AvgIpc) is 3.10. The van der Waals surface area contributed by atoms with Gasteiger partial charge >= 0.3 is 5.97 Å². The lowest BCUT2D eigenvalue weighted by Crippen LogP contribution is -2.35. The van der Waals surface area contributed by atoms with Gasteiger partial charge in [0.1, 0.15) is 5.75 Å².